The zero-order valence-corrected chi connectivity index (χ0v) is 13.3. The van der Waals surface area contributed by atoms with Gasteiger partial charge in [-0.15, -0.1) is 0 Å². The van der Waals surface area contributed by atoms with Crippen LogP contribution in [0.15, 0.2) is 42.7 Å². The predicted molar refractivity (Wildman–Crippen MR) is 88.0 cm³/mol. The number of carbonyl (C=O) groups is 2. The van der Waals surface area contributed by atoms with Crippen molar-refractivity contribution in [1.29, 1.82) is 0 Å². The summed E-state index contributed by atoms with van der Waals surface area (Å²) in [6.45, 7) is 0.311. The number of anilines is 1. The van der Waals surface area contributed by atoms with Gasteiger partial charge < -0.3 is 25.2 Å². The molecule has 3 N–H and O–H groups in total. The number of aliphatic hydroxyl groups is 1. The zero-order valence-electron chi connectivity index (χ0n) is 13.3. The molecule has 0 unspecified atom stereocenters. The molecule has 8 heteroatoms. The predicted octanol–water partition coefficient (Wildman–Crippen LogP) is 0.989. The normalized spacial score (nSPS) is 13.2. The Morgan fingerprint density at radius 2 is 2.04 bits per heavy atom. The smallest absolute Gasteiger partial charge is 0.313 e. The summed E-state index contributed by atoms with van der Waals surface area (Å²) < 4.78 is 10.5. The monoisotopic (exact) mass is 343 g/mol. The molecule has 1 aromatic carbocycles. The molecule has 0 saturated carbocycles. The van der Waals surface area contributed by atoms with Crippen LogP contribution >= 0.6 is 0 Å². The number of hydrogen-bond acceptors (Lipinski definition) is 6. The molecule has 130 valence electrons. The molecule has 8 nitrogen and oxygen atoms in total. The molecule has 2 heterocycles. The second-order valence-corrected chi connectivity index (χ2v) is 5.37. The van der Waals surface area contributed by atoms with Crippen LogP contribution in [-0.2, 0) is 9.59 Å². The molecule has 3 rings (SSSR count). The maximum absolute atomic E-state index is 11.8. The van der Waals surface area contributed by atoms with Crippen molar-refractivity contribution in [3.05, 3.63) is 48.3 Å². The van der Waals surface area contributed by atoms with Crippen molar-refractivity contribution in [2.75, 3.05) is 18.7 Å². The van der Waals surface area contributed by atoms with Crippen molar-refractivity contribution < 1.29 is 24.2 Å². The van der Waals surface area contributed by atoms with Gasteiger partial charge in [0.1, 0.15) is 0 Å². The highest BCUT2D eigenvalue weighted by Gasteiger charge is 2.18. The molecule has 1 atom stereocenters. The summed E-state index contributed by atoms with van der Waals surface area (Å²) in [5.74, 6) is -0.347. The van der Waals surface area contributed by atoms with Crippen molar-refractivity contribution in [2.24, 2.45) is 0 Å². The number of carbonyl (C=O) groups excluding carboxylic acids is 2. The van der Waals surface area contributed by atoms with E-state index in [1.165, 1.54) is 6.20 Å². The molecule has 1 aromatic heterocycles. The lowest BCUT2D eigenvalue weighted by atomic mass is 10.1. The average molecular weight is 343 g/mol. The van der Waals surface area contributed by atoms with Crippen LogP contribution in [0.4, 0.5) is 5.69 Å². The number of aromatic nitrogens is 1. The third-order valence-corrected chi connectivity index (χ3v) is 3.61. The van der Waals surface area contributed by atoms with Gasteiger partial charge in [0.05, 0.1) is 18.0 Å². The highest BCUT2D eigenvalue weighted by molar-refractivity contribution is 6.39. The molecule has 0 fully saturated rings. The maximum atomic E-state index is 11.8. The number of benzene rings is 1. The second kappa shape index (κ2) is 7.63. The average Bonchev–Trinajstić information content (AvgIpc) is 3.10. The lowest BCUT2D eigenvalue weighted by molar-refractivity contribution is -0.136. The minimum Gasteiger partial charge on any atom is -0.454 e. The third kappa shape index (κ3) is 4.24. The maximum Gasteiger partial charge on any atom is 0.313 e. The fourth-order valence-corrected chi connectivity index (χ4v) is 2.31. The van der Waals surface area contributed by atoms with Crippen molar-refractivity contribution in [3.63, 3.8) is 0 Å². The van der Waals surface area contributed by atoms with Crippen LogP contribution in [0.2, 0.25) is 0 Å². The van der Waals surface area contributed by atoms with E-state index in [1.807, 2.05) is 0 Å². The van der Waals surface area contributed by atoms with Crippen molar-refractivity contribution >= 4 is 17.5 Å². The summed E-state index contributed by atoms with van der Waals surface area (Å²) in [6, 6.07) is 8.43. The minimum absolute atomic E-state index is 0.148. The summed E-state index contributed by atoms with van der Waals surface area (Å²) in [6.07, 6.45) is 2.46. The van der Waals surface area contributed by atoms with Crippen molar-refractivity contribution in [3.8, 4) is 11.5 Å². The molecule has 1 aliphatic rings. The summed E-state index contributed by atoms with van der Waals surface area (Å²) in [7, 11) is 0. The summed E-state index contributed by atoms with van der Waals surface area (Å²) >= 11 is 0. The first-order chi connectivity index (χ1) is 12.1. The molecular formula is C17H17N3O5. The number of ether oxygens (including phenoxy) is 2. The molecule has 0 spiro atoms. The fraction of sp³-hybridized carbons (Fsp3) is 0.235. The first-order valence-electron chi connectivity index (χ1n) is 7.70. The van der Waals surface area contributed by atoms with Crippen LogP contribution in [0.1, 0.15) is 18.1 Å². The molecule has 0 bridgehead atoms. The van der Waals surface area contributed by atoms with Crippen LogP contribution < -0.4 is 20.1 Å². The minimum atomic E-state index is -0.795. The van der Waals surface area contributed by atoms with Crippen molar-refractivity contribution in [1.82, 2.24) is 10.3 Å². The number of rotatable bonds is 5. The van der Waals surface area contributed by atoms with Gasteiger partial charge >= 0.3 is 11.8 Å². The van der Waals surface area contributed by atoms with Gasteiger partial charge in [0.2, 0.25) is 6.79 Å². The van der Waals surface area contributed by atoms with E-state index in [4.69, 9.17) is 9.47 Å². The van der Waals surface area contributed by atoms with Crippen molar-refractivity contribution in [2.45, 2.75) is 12.5 Å². The Labute approximate surface area is 143 Å². The number of nitrogens with one attached hydrogen (secondary N) is 2. The fourth-order valence-electron chi connectivity index (χ4n) is 2.31. The van der Waals surface area contributed by atoms with Gasteiger partial charge in [-0.05, 0) is 36.2 Å². The number of nitrogens with zero attached hydrogens (tertiary/aromatic N) is 1. The standard InChI is InChI=1S/C17H17N3O5/c21-13(11-3-4-14-15(8-11)25-10-24-14)5-7-19-16(22)17(23)20-12-2-1-6-18-9-12/h1-4,6,8-9,13,21H,5,7,10H2,(H,19,22)(H,20,23)/t13-/m0/s1. The van der Waals surface area contributed by atoms with Crippen LogP contribution in [0.3, 0.4) is 0 Å². The molecular weight excluding hydrogens is 326 g/mol. The van der Waals surface area contributed by atoms with Gasteiger partial charge in [0.25, 0.3) is 0 Å². The Kier molecular flexibility index (Phi) is 5.10. The number of pyridine rings is 1. The van der Waals surface area contributed by atoms with E-state index in [1.54, 1.807) is 36.5 Å². The van der Waals surface area contributed by atoms with E-state index in [9.17, 15) is 14.7 Å². The summed E-state index contributed by atoms with van der Waals surface area (Å²) in [5, 5.41) is 15.1. The largest absolute Gasteiger partial charge is 0.454 e. The van der Waals surface area contributed by atoms with E-state index in [0.717, 1.165) is 0 Å². The second-order valence-electron chi connectivity index (χ2n) is 5.37. The number of amides is 2. The highest BCUT2D eigenvalue weighted by Crippen LogP contribution is 2.34. The lowest BCUT2D eigenvalue weighted by Gasteiger charge is -2.12. The molecule has 2 aromatic rings. The van der Waals surface area contributed by atoms with Crippen LogP contribution in [0.25, 0.3) is 0 Å². The molecule has 25 heavy (non-hydrogen) atoms. The number of hydrogen-bond donors (Lipinski definition) is 3. The summed E-state index contributed by atoms with van der Waals surface area (Å²) in [5.41, 5.74) is 1.08. The lowest BCUT2D eigenvalue weighted by Crippen LogP contribution is -2.36. The van der Waals surface area contributed by atoms with E-state index in [-0.39, 0.29) is 19.8 Å². The van der Waals surface area contributed by atoms with E-state index in [0.29, 0.717) is 22.7 Å². The Hall–Kier alpha value is -3.13. The molecule has 0 aliphatic carbocycles. The van der Waals surface area contributed by atoms with E-state index in [2.05, 4.69) is 15.6 Å². The highest BCUT2D eigenvalue weighted by atomic mass is 16.7. The van der Waals surface area contributed by atoms with E-state index >= 15 is 0 Å². The summed E-state index contributed by atoms with van der Waals surface area (Å²) in [4.78, 5) is 27.3. The van der Waals surface area contributed by atoms with Gasteiger partial charge in [-0.25, -0.2) is 0 Å². The molecule has 1 aliphatic heterocycles. The SMILES string of the molecule is O=C(NCC[C@H](O)c1ccc2c(c1)OCO2)C(=O)Nc1cccnc1. The van der Waals surface area contributed by atoms with Gasteiger partial charge in [-0.2, -0.15) is 0 Å². The molecule has 0 saturated heterocycles. The Balaban J connectivity index is 1.45. The number of fused-ring (bicyclic) bond motifs is 1. The van der Waals surface area contributed by atoms with E-state index < -0.39 is 17.9 Å². The quantitative estimate of drug-likeness (QED) is 0.699. The Bertz CT molecular complexity index is 766. The van der Waals surface area contributed by atoms with Crippen LogP contribution in [0, 0.1) is 0 Å². The van der Waals surface area contributed by atoms with Gasteiger partial charge in [-0.3, -0.25) is 14.6 Å². The van der Waals surface area contributed by atoms with Crippen LogP contribution in [0.5, 0.6) is 11.5 Å². The Morgan fingerprint density at radius 1 is 1.20 bits per heavy atom. The molecule has 2 amide bonds. The zero-order chi connectivity index (χ0) is 17.6. The third-order valence-electron chi connectivity index (χ3n) is 3.61. The molecule has 0 radical (unpaired) electrons. The first kappa shape index (κ1) is 16.7. The van der Waals surface area contributed by atoms with Gasteiger partial charge in [0, 0.05) is 12.7 Å². The Morgan fingerprint density at radius 3 is 2.84 bits per heavy atom. The van der Waals surface area contributed by atoms with Crippen LogP contribution in [-0.4, -0.2) is 35.2 Å². The van der Waals surface area contributed by atoms with Gasteiger partial charge in [-0.1, -0.05) is 6.07 Å². The topological polar surface area (TPSA) is 110 Å². The first-order valence-corrected chi connectivity index (χ1v) is 7.70. The van der Waals surface area contributed by atoms with Gasteiger partial charge in [0.15, 0.2) is 11.5 Å². The number of aliphatic hydroxyl groups excluding tert-OH is 1.